The van der Waals surface area contributed by atoms with Crippen LogP contribution in [0.2, 0.25) is 5.02 Å². The molecule has 6 nitrogen and oxygen atoms in total. The van der Waals surface area contributed by atoms with Gasteiger partial charge in [0.2, 0.25) is 0 Å². The van der Waals surface area contributed by atoms with Crippen molar-refractivity contribution in [3.8, 4) is 11.8 Å². The van der Waals surface area contributed by atoms with Crippen LogP contribution in [0.4, 0.5) is 0 Å². The van der Waals surface area contributed by atoms with Gasteiger partial charge in [-0.05, 0) is 37.3 Å². The quantitative estimate of drug-likeness (QED) is 0.834. The number of nitrogens with one attached hydrogen (secondary N) is 2. The zero-order valence-corrected chi connectivity index (χ0v) is 13.5. The number of hydrazine groups is 1. The maximum absolute atomic E-state index is 12.0. The second-order valence-electron chi connectivity index (χ2n) is 4.83. The van der Waals surface area contributed by atoms with Crippen LogP contribution in [0, 0.1) is 11.3 Å². The number of rotatable bonds is 4. The molecule has 0 bridgehead atoms. The number of ether oxygens (including phenoxy) is 1. The second-order valence-corrected chi connectivity index (χ2v) is 5.23. The fourth-order valence-corrected chi connectivity index (χ4v) is 2.02. The molecular formula is C17H14ClN3O3. The van der Waals surface area contributed by atoms with Gasteiger partial charge in [0.1, 0.15) is 5.75 Å². The summed E-state index contributed by atoms with van der Waals surface area (Å²) in [7, 11) is 0. The first-order valence-electron chi connectivity index (χ1n) is 7.03. The van der Waals surface area contributed by atoms with Crippen molar-refractivity contribution >= 4 is 23.4 Å². The van der Waals surface area contributed by atoms with Crippen molar-refractivity contribution in [2.45, 2.75) is 13.0 Å². The summed E-state index contributed by atoms with van der Waals surface area (Å²) < 4.78 is 5.44. The van der Waals surface area contributed by atoms with E-state index in [2.05, 4.69) is 10.9 Å². The van der Waals surface area contributed by atoms with Crippen LogP contribution in [-0.4, -0.2) is 17.9 Å². The van der Waals surface area contributed by atoms with Crippen molar-refractivity contribution in [1.29, 1.82) is 5.26 Å². The SMILES string of the molecule is C[C@H](Oc1ccc(C#N)cc1Cl)C(=O)NNC(=O)c1ccccc1. The van der Waals surface area contributed by atoms with Crippen molar-refractivity contribution in [2.24, 2.45) is 0 Å². The lowest BCUT2D eigenvalue weighted by atomic mass is 10.2. The van der Waals surface area contributed by atoms with E-state index in [0.717, 1.165) is 0 Å². The Bertz CT molecular complexity index is 787. The topological polar surface area (TPSA) is 91.2 Å². The zero-order chi connectivity index (χ0) is 17.5. The maximum Gasteiger partial charge on any atom is 0.279 e. The number of nitrogens with zero attached hydrogens (tertiary/aromatic N) is 1. The molecule has 0 fully saturated rings. The first-order valence-corrected chi connectivity index (χ1v) is 7.40. The van der Waals surface area contributed by atoms with E-state index in [9.17, 15) is 9.59 Å². The fraction of sp³-hybridized carbons (Fsp3) is 0.118. The highest BCUT2D eigenvalue weighted by atomic mass is 35.5. The van der Waals surface area contributed by atoms with Gasteiger partial charge in [-0.25, -0.2) is 0 Å². The van der Waals surface area contributed by atoms with Crippen molar-refractivity contribution in [1.82, 2.24) is 10.9 Å². The van der Waals surface area contributed by atoms with Gasteiger partial charge in [-0.15, -0.1) is 0 Å². The fourth-order valence-electron chi connectivity index (χ4n) is 1.79. The van der Waals surface area contributed by atoms with Gasteiger partial charge in [0.15, 0.2) is 6.10 Å². The van der Waals surface area contributed by atoms with Gasteiger partial charge in [-0.2, -0.15) is 5.26 Å². The van der Waals surface area contributed by atoms with Crippen LogP contribution in [0.25, 0.3) is 0 Å². The smallest absolute Gasteiger partial charge is 0.279 e. The molecule has 2 amide bonds. The number of amides is 2. The summed E-state index contributed by atoms with van der Waals surface area (Å²) in [4.78, 5) is 23.8. The molecule has 0 saturated heterocycles. The van der Waals surface area contributed by atoms with E-state index < -0.39 is 17.9 Å². The van der Waals surface area contributed by atoms with Gasteiger partial charge in [0, 0.05) is 5.56 Å². The molecule has 0 unspecified atom stereocenters. The van der Waals surface area contributed by atoms with E-state index >= 15 is 0 Å². The van der Waals surface area contributed by atoms with Crippen molar-refractivity contribution in [3.05, 3.63) is 64.7 Å². The average Bonchev–Trinajstić information content (AvgIpc) is 2.61. The Morgan fingerprint density at radius 2 is 1.88 bits per heavy atom. The lowest BCUT2D eigenvalue weighted by Crippen LogP contribution is -2.47. The molecule has 0 radical (unpaired) electrons. The molecule has 0 aromatic heterocycles. The third-order valence-electron chi connectivity index (χ3n) is 3.07. The molecule has 2 aromatic carbocycles. The molecule has 0 spiro atoms. The maximum atomic E-state index is 12.0. The molecule has 2 aromatic rings. The Kier molecular flexibility index (Phi) is 5.77. The first-order chi connectivity index (χ1) is 11.5. The summed E-state index contributed by atoms with van der Waals surface area (Å²) in [6.07, 6.45) is -0.897. The van der Waals surface area contributed by atoms with Gasteiger partial charge < -0.3 is 4.74 Å². The summed E-state index contributed by atoms with van der Waals surface area (Å²) in [5.41, 5.74) is 5.39. The van der Waals surface area contributed by atoms with Crippen LogP contribution in [0.5, 0.6) is 5.75 Å². The van der Waals surface area contributed by atoms with E-state index in [-0.39, 0.29) is 10.8 Å². The number of carbonyl (C=O) groups is 2. The molecule has 0 heterocycles. The highest BCUT2D eigenvalue weighted by molar-refractivity contribution is 6.32. The minimum absolute atomic E-state index is 0.224. The summed E-state index contributed by atoms with van der Waals surface area (Å²) in [5, 5.41) is 9.01. The predicted molar refractivity (Wildman–Crippen MR) is 88.3 cm³/mol. The average molecular weight is 344 g/mol. The van der Waals surface area contributed by atoms with Crippen molar-refractivity contribution in [3.63, 3.8) is 0 Å². The molecule has 24 heavy (non-hydrogen) atoms. The molecule has 7 heteroatoms. The Morgan fingerprint density at radius 1 is 1.17 bits per heavy atom. The van der Waals surface area contributed by atoms with E-state index in [1.807, 2.05) is 6.07 Å². The number of carbonyl (C=O) groups excluding carboxylic acids is 2. The molecule has 0 aliphatic carbocycles. The molecular weight excluding hydrogens is 330 g/mol. The third-order valence-corrected chi connectivity index (χ3v) is 3.36. The normalized spacial score (nSPS) is 11.0. The summed E-state index contributed by atoms with van der Waals surface area (Å²) in [6.45, 7) is 1.51. The third kappa shape index (κ3) is 4.48. The van der Waals surface area contributed by atoms with Crippen LogP contribution >= 0.6 is 11.6 Å². The Labute approximate surface area is 144 Å². The molecule has 2 N–H and O–H groups in total. The van der Waals surface area contributed by atoms with Gasteiger partial charge in [-0.3, -0.25) is 20.4 Å². The van der Waals surface area contributed by atoms with E-state index in [1.54, 1.807) is 30.3 Å². The largest absolute Gasteiger partial charge is 0.479 e. The van der Waals surface area contributed by atoms with E-state index in [4.69, 9.17) is 21.6 Å². The van der Waals surface area contributed by atoms with Gasteiger partial charge >= 0.3 is 0 Å². The number of nitriles is 1. The lowest BCUT2D eigenvalue weighted by molar-refractivity contribution is -0.128. The Hall–Kier alpha value is -3.04. The van der Waals surface area contributed by atoms with Gasteiger partial charge in [0.05, 0.1) is 16.7 Å². The highest BCUT2D eigenvalue weighted by Gasteiger charge is 2.17. The molecule has 2 rings (SSSR count). The van der Waals surface area contributed by atoms with Crippen LogP contribution in [0.3, 0.4) is 0 Å². The molecule has 0 aliphatic rings. The van der Waals surface area contributed by atoms with E-state index in [0.29, 0.717) is 11.1 Å². The first kappa shape index (κ1) is 17.3. The Balaban J connectivity index is 1.91. The summed E-state index contributed by atoms with van der Waals surface area (Å²) in [6, 6.07) is 14.9. The summed E-state index contributed by atoms with van der Waals surface area (Å²) in [5.74, 6) is -0.708. The summed E-state index contributed by atoms with van der Waals surface area (Å²) >= 11 is 5.99. The molecule has 122 valence electrons. The highest BCUT2D eigenvalue weighted by Crippen LogP contribution is 2.26. The zero-order valence-electron chi connectivity index (χ0n) is 12.7. The van der Waals surface area contributed by atoms with E-state index in [1.165, 1.54) is 25.1 Å². The number of hydrogen-bond donors (Lipinski definition) is 2. The minimum atomic E-state index is -0.897. The molecule has 0 aliphatic heterocycles. The van der Waals surface area contributed by atoms with Gasteiger partial charge in [0.25, 0.3) is 11.8 Å². The van der Waals surface area contributed by atoms with Crippen LogP contribution in [-0.2, 0) is 4.79 Å². The predicted octanol–water partition coefficient (Wildman–Crippen LogP) is 2.44. The number of halogens is 1. The monoisotopic (exact) mass is 343 g/mol. The van der Waals surface area contributed by atoms with Crippen LogP contribution in [0.15, 0.2) is 48.5 Å². The number of benzene rings is 2. The van der Waals surface area contributed by atoms with Crippen LogP contribution in [0.1, 0.15) is 22.8 Å². The number of hydrogen-bond acceptors (Lipinski definition) is 4. The minimum Gasteiger partial charge on any atom is -0.479 e. The molecule has 1 atom stereocenters. The van der Waals surface area contributed by atoms with Crippen molar-refractivity contribution < 1.29 is 14.3 Å². The second kappa shape index (κ2) is 7.99. The van der Waals surface area contributed by atoms with Crippen molar-refractivity contribution in [2.75, 3.05) is 0 Å². The van der Waals surface area contributed by atoms with Gasteiger partial charge in [-0.1, -0.05) is 29.8 Å². The lowest BCUT2D eigenvalue weighted by Gasteiger charge is -2.16. The van der Waals surface area contributed by atoms with Crippen LogP contribution < -0.4 is 15.6 Å². The standard InChI is InChI=1S/C17H14ClN3O3/c1-11(24-15-8-7-12(10-19)9-14(15)18)16(22)20-21-17(23)13-5-3-2-4-6-13/h2-9,11H,1H3,(H,20,22)(H,21,23)/t11-/m0/s1. The molecule has 0 saturated carbocycles. The Morgan fingerprint density at radius 3 is 2.50 bits per heavy atom.